The normalized spacial score (nSPS) is 16.3. The standard InChI is InChI=1S/C19H22N6O2S/c1-3-27-18(26)17-22-23-19(28-17)25-10-8-24(9-11-25)13(2)14-4-5-15-16(12-14)21-7-6-20-15/h4-7,12-13H,3,8-11H2,1-2H3. The van der Waals surface area contributed by atoms with Crippen molar-refractivity contribution < 1.29 is 9.53 Å². The van der Waals surface area contributed by atoms with Crippen molar-refractivity contribution >= 4 is 33.5 Å². The molecule has 8 nitrogen and oxygen atoms in total. The maximum absolute atomic E-state index is 11.8. The third-order valence-electron chi connectivity index (χ3n) is 4.97. The van der Waals surface area contributed by atoms with E-state index in [1.54, 1.807) is 19.3 Å². The second-order valence-corrected chi connectivity index (χ2v) is 7.57. The van der Waals surface area contributed by atoms with Gasteiger partial charge in [0.15, 0.2) is 0 Å². The minimum absolute atomic E-state index is 0.290. The van der Waals surface area contributed by atoms with Crippen LogP contribution in [0.3, 0.4) is 0 Å². The molecule has 2 aromatic heterocycles. The van der Waals surface area contributed by atoms with Crippen LogP contribution in [0.2, 0.25) is 0 Å². The summed E-state index contributed by atoms with van der Waals surface area (Å²) in [5, 5.41) is 9.22. The second kappa shape index (κ2) is 8.15. The number of benzene rings is 1. The lowest BCUT2D eigenvalue weighted by Crippen LogP contribution is -2.47. The predicted octanol–water partition coefficient (Wildman–Crippen LogP) is 2.54. The zero-order valence-corrected chi connectivity index (χ0v) is 16.7. The van der Waals surface area contributed by atoms with Gasteiger partial charge in [-0.1, -0.05) is 17.4 Å². The summed E-state index contributed by atoms with van der Waals surface area (Å²) in [5.74, 6) is -0.405. The topological polar surface area (TPSA) is 84.3 Å². The van der Waals surface area contributed by atoms with Gasteiger partial charge in [-0.2, -0.15) is 0 Å². The van der Waals surface area contributed by atoms with Crippen LogP contribution in [0.1, 0.15) is 35.3 Å². The molecule has 1 aromatic carbocycles. The number of hydrogen-bond donors (Lipinski definition) is 0. The van der Waals surface area contributed by atoms with E-state index in [9.17, 15) is 4.79 Å². The van der Waals surface area contributed by atoms with Crippen LogP contribution in [0.25, 0.3) is 11.0 Å². The van der Waals surface area contributed by atoms with Gasteiger partial charge in [0.25, 0.3) is 0 Å². The Morgan fingerprint density at radius 2 is 1.89 bits per heavy atom. The number of rotatable bonds is 5. The Morgan fingerprint density at radius 1 is 1.14 bits per heavy atom. The summed E-state index contributed by atoms with van der Waals surface area (Å²) in [7, 11) is 0. The van der Waals surface area contributed by atoms with Crippen molar-refractivity contribution in [2.45, 2.75) is 19.9 Å². The van der Waals surface area contributed by atoms with Crippen LogP contribution in [0, 0.1) is 0 Å². The molecule has 3 aromatic rings. The Balaban J connectivity index is 1.40. The number of nitrogens with zero attached hydrogens (tertiary/aromatic N) is 6. The summed E-state index contributed by atoms with van der Waals surface area (Å²) < 4.78 is 4.99. The van der Waals surface area contributed by atoms with E-state index in [0.29, 0.717) is 11.6 Å². The maximum atomic E-state index is 11.8. The summed E-state index contributed by atoms with van der Waals surface area (Å²) in [4.78, 5) is 25.1. The quantitative estimate of drug-likeness (QED) is 0.606. The number of ether oxygens (including phenoxy) is 1. The van der Waals surface area contributed by atoms with E-state index in [0.717, 1.165) is 42.3 Å². The van der Waals surface area contributed by atoms with Gasteiger partial charge >= 0.3 is 5.97 Å². The molecule has 1 fully saturated rings. The van der Waals surface area contributed by atoms with Crippen LogP contribution in [-0.2, 0) is 4.74 Å². The lowest BCUT2D eigenvalue weighted by Gasteiger charge is -2.38. The molecule has 1 atom stereocenters. The maximum Gasteiger partial charge on any atom is 0.369 e. The number of hydrogen-bond acceptors (Lipinski definition) is 9. The van der Waals surface area contributed by atoms with Gasteiger partial charge in [-0.3, -0.25) is 14.9 Å². The van der Waals surface area contributed by atoms with Crippen molar-refractivity contribution in [1.82, 2.24) is 25.1 Å². The third kappa shape index (κ3) is 3.81. The summed E-state index contributed by atoms with van der Waals surface area (Å²) in [5.41, 5.74) is 3.07. The number of anilines is 1. The fraction of sp³-hybridized carbons (Fsp3) is 0.421. The third-order valence-corrected chi connectivity index (χ3v) is 5.94. The Labute approximate surface area is 167 Å². The van der Waals surface area contributed by atoms with Gasteiger partial charge in [0.1, 0.15) is 0 Å². The smallest absolute Gasteiger partial charge is 0.369 e. The highest BCUT2D eigenvalue weighted by Crippen LogP contribution is 2.27. The summed E-state index contributed by atoms with van der Waals surface area (Å²) >= 11 is 1.29. The number of piperazine rings is 1. The number of aromatic nitrogens is 4. The van der Waals surface area contributed by atoms with E-state index in [1.807, 2.05) is 6.07 Å². The van der Waals surface area contributed by atoms with Crippen molar-refractivity contribution in [3.05, 3.63) is 41.2 Å². The van der Waals surface area contributed by atoms with Gasteiger partial charge in [-0.05, 0) is 31.5 Å². The highest BCUT2D eigenvalue weighted by atomic mass is 32.1. The Hall–Kier alpha value is -2.65. The average molecular weight is 398 g/mol. The molecular formula is C19H22N6O2S. The van der Waals surface area contributed by atoms with Crippen molar-refractivity contribution in [3.8, 4) is 0 Å². The van der Waals surface area contributed by atoms with Crippen LogP contribution in [0.15, 0.2) is 30.6 Å². The molecular weight excluding hydrogens is 376 g/mol. The van der Waals surface area contributed by atoms with Gasteiger partial charge in [0.2, 0.25) is 10.1 Å². The molecule has 1 aliphatic heterocycles. The lowest BCUT2D eigenvalue weighted by molar-refractivity contribution is 0.0525. The Morgan fingerprint density at radius 3 is 2.64 bits per heavy atom. The summed E-state index contributed by atoms with van der Waals surface area (Å²) in [6.45, 7) is 7.84. The molecule has 1 unspecified atom stereocenters. The molecule has 0 saturated carbocycles. The minimum Gasteiger partial charge on any atom is -0.461 e. The van der Waals surface area contributed by atoms with Crippen molar-refractivity contribution in [2.24, 2.45) is 0 Å². The van der Waals surface area contributed by atoms with E-state index in [4.69, 9.17) is 4.74 Å². The fourth-order valence-corrected chi connectivity index (χ4v) is 4.16. The van der Waals surface area contributed by atoms with Crippen LogP contribution < -0.4 is 4.90 Å². The molecule has 1 saturated heterocycles. The molecule has 9 heteroatoms. The lowest BCUT2D eigenvalue weighted by atomic mass is 10.1. The highest BCUT2D eigenvalue weighted by Gasteiger charge is 2.25. The average Bonchev–Trinajstić information content (AvgIpc) is 3.24. The van der Waals surface area contributed by atoms with E-state index in [2.05, 4.69) is 49.0 Å². The largest absolute Gasteiger partial charge is 0.461 e. The number of fused-ring (bicyclic) bond motifs is 1. The fourth-order valence-electron chi connectivity index (χ4n) is 3.37. The van der Waals surface area contributed by atoms with Crippen LogP contribution in [0.4, 0.5) is 5.13 Å². The molecule has 28 heavy (non-hydrogen) atoms. The van der Waals surface area contributed by atoms with E-state index in [1.165, 1.54) is 16.9 Å². The highest BCUT2D eigenvalue weighted by molar-refractivity contribution is 7.17. The molecule has 3 heterocycles. The second-order valence-electron chi connectivity index (χ2n) is 6.61. The van der Waals surface area contributed by atoms with Crippen molar-refractivity contribution in [3.63, 3.8) is 0 Å². The Kier molecular flexibility index (Phi) is 5.45. The predicted molar refractivity (Wildman–Crippen MR) is 108 cm³/mol. The summed E-state index contributed by atoms with van der Waals surface area (Å²) in [6.07, 6.45) is 3.44. The van der Waals surface area contributed by atoms with Gasteiger partial charge < -0.3 is 9.64 Å². The molecule has 0 spiro atoms. The number of carbonyl (C=O) groups is 1. The zero-order chi connectivity index (χ0) is 19.5. The first-order valence-electron chi connectivity index (χ1n) is 9.36. The monoisotopic (exact) mass is 398 g/mol. The SMILES string of the molecule is CCOC(=O)c1nnc(N2CCN(C(C)c3ccc4nccnc4c3)CC2)s1. The van der Waals surface area contributed by atoms with Crippen LogP contribution >= 0.6 is 11.3 Å². The molecule has 0 N–H and O–H groups in total. The summed E-state index contributed by atoms with van der Waals surface area (Å²) in [6, 6.07) is 6.57. The van der Waals surface area contributed by atoms with Gasteiger partial charge in [-0.25, -0.2) is 4.79 Å². The molecule has 4 rings (SSSR count). The molecule has 0 bridgehead atoms. The van der Waals surface area contributed by atoms with E-state index in [-0.39, 0.29) is 6.04 Å². The zero-order valence-electron chi connectivity index (χ0n) is 15.9. The van der Waals surface area contributed by atoms with Crippen molar-refractivity contribution in [2.75, 3.05) is 37.7 Å². The molecule has 1 aliphatic rings. The van der Waals surface area contributed by atoms with E-state index < -0.39 is 5.97 Å². The van der Waals surface area contributed by atoms with Gasteiger partial charge in [0, 0.05) is 44.6 Å². The molecule has 0 aliphatic carbocycles. The Bertz CT molecular complexity index is 970. The van der Waals surface area contributed by atoms with Gasteiger partial charge in [-0.15, -0.1) is 10.2 Å². The number of esters is 1. The first kappa shape index (κ1) is 18.7. The van der Waals surface area contributed by atoms with Crippen LogP contribution in [0.5, 0.6) is 0 Å². The van der Waals surface area contributed by atoms with Crippen molar-refractivity contribution in [1.29, 1.82) is 0 Å². The van der Waals surface area contributed by atoms with E-state index >= 15 is 0 Å². The molecule has 146 valence electrons. The first-order valence-corrected chi connectivity index (χ1v) is 10.2. The van der Waals surface area contributed by atoms with Crippen LogP contribution in [-0.4, -0.2) is 63.8 Å². The molecule has 0 radical (unpaired) electrons. The molecule has 0 amide bonds. The minimum atomic E-state index is -0.405. The number of carbonyl (C=O) groups excluding carboxylic acids is 1. The first-order chi connectivity index (χ1) is 13.7. The van der Waals surface area contributed by atoms with Gasteiger partial charge in [0.05, 0.1) is 17.6 Å².